The van der Waals surface area contributed by atoms with E-state index in [0.29, 0.717) is 23.6 Å². The van der Waals surface area contributed by atoms with Crippen LogP contribution in [-0.4, -0.2) is 25.3 Å². The molecule has 22 heavy (non-hydrogen) atoms. The van der Waals surface area contributed by atoms with Gasteiger partial charge in [-0.05, 0) is 30.9 Å². The van der Waals surface area contributed by atoms with Gasteiger partial charge < -0.3 is 19.5 Å². The number of fused-ring (bicyclic) bond motifs is 1. The van der Waals surface area contributed by atoms with Crippen LogP contribution in [-0.2, 0) is 14.3 Å². The predicted molar refractivity (Wildman–Crippen MR) is 78.6 cm³/mol. The van der Waals surface area contributed by atoms with Gasteiger partial charge in [0, 0.05) is 11.8 Å². The predicted octanol–water partition coefficient (Wildman–Crippen LogP) is 2.25. The van der Waals surface area contributed by atoms with Gasteiger partial charge in [-0.1, -0.05) is 12.2 Å². The first-order valence-corrected chi connectivity index (χ1v) is 7.22. The zero-order valence-electron chi connectivity index (χ0n) is 12.0. The number of benzene rings is 1. The quantitative estimate of drug-likeness (QED) is 0.667. The second-order valence-electron chi connectivity index (χ2n) is 5.25. The molecule has 0 saturated heterocycles. The Morgan fingerprint density at radius 2 is 2.14 bits per heavy atom. The number of nitrogens with one attached hydrogen (secondary N) is 1. The van der Waals surface area contributed by atoms with E-state index in [4.69, 9.17) is 14.2 Å². The Hall–Kier alpha value is -2.50. The molecule has 6 nitrogen and oxygen atoms in total. The van der Waals surface area contributed by atoms with Crippen molar-refractivity contribution < 1.29 is 23.8 Å². The summed E-state index contributed by atoms with van der Waals surface area (Å²) in [6.07, 6.45) is 6.38. The minimum atomic E-state index is -0.380. The van der Waals surface area contributed by atoms with E-state index < -0.39 is 0 Å². The van der Waals surface area contributed by atoms with E-state index in [1.165, 1.54) is 0 Å². The maximum atomic E-state index is 11.8. The van der Waals surface area contributed by atoms with Crippen LogP contribution in [0.25, 0.3) is 0 Å². The smallest absolute Gasteiger partial charge is 0.306 e. The van der Waals surface area contributed by atoms with Crippen molar-refractivity contribution in [2.45, 2.75) is 19.3 Å². The van der Waals surface area contributed by atoms with Crippen molar-refractivity contribution in [2.75, 3.05) is 18.7 Å². The molecule has 0 bridgehead atoms. The van der Waals surface area contributed by atoms with Crippen LogP contribution in [0, 0.1) is 5.92 Å². The largest absolute Gasteiger partial charge is 0.456 e. The van der Waals surface area contributed by atoms with Crippen LogP contribution >= 0.6 is 0 Å². The van der Waals surface area contributed by atoms with Crippen LogP contribution < -0.4 is 14.8 Å². The van der Waals surface area contributed by atoms with Crippen molar-refractivity contribution in [3.05, 3.63) is 30.4 Å². The highest BCUT2D eigenvalue weighted by Crippen LogP contribution is 2.34. The molecule has 1 amide bonds. The van der Waals surface area contributed by atoms with Gasteiger partial charge >= 0.3 is 5.97 Å². The Morgan fingerprint density at radius 1 is 1.27 bits per heavy atom. The van der Waals surface area contributed by atoms with Gasteiger partial charge in [0.2, 0.25) is 6.79 Å². The molecule has 0 spiro atoms. The normalized spacial score (nSPS) is 18.3. The summed E-state index contributed by atoms with van der Waals surface area (Å²) >= 11 is 0. The minimum absolute atomic E-state index is 0.181. The number of hydrogen-bond donors (Lipinski definition) is 1. The lowest BCUT2D eigenvalue weighted by Gasteiger charge is -2.09. The Kier molecular flexibility index (Phi) is 4.27. The SMILES string of the molecule is O=C(COC(=O)C[C@@H]1C=CCC1)Nc1ccc2c(c1)OCO2. The fraction of sp³-hybridized carbons (Fsp3) is 0.375. The monoisotopic (exact) mass is 303 g/mol. The number of anilines is 1. The van der Waals surface area contributed by atoms with Gasteiger partial charge in [0.05, 0.1) is 6.42 Å². The lowest BCUT2D eigenvalue weighted by molar-refractivity contribution is -0.147. The molecule has 1 N–H and O–H groups in total. The fourth-order valence-electron chi connectivity index (χ4n) is 2.46. The van der Waals surface area contributed by atoms with E-state index in [1.807, 2.05) is 6.08 Å². The molecule has 116 valence electrons. The van der Waals surface area contributed by atoms with Gasteiger partial charge in [-0.15, -0.1) is 0 Å². The molecule has 0 unspecified atom stereocenters. The molecule has 0 fully saturated rings. The lowest BCUT2D eigenvalue weighted by atomic mass is 10.1. The summed E-state index contributed by atoms with van der Waals surface area (Å²) in [4.78, 5) is 23.4. The molecule has 6 heteroatoms. The maximum Gasteiger partial charge on any atom is 0.306 e. The van der Waals surface area contributed by atoms with Crippen molar-refractivity contribution in [3.63, 3.8) is 0 Å². The fourth-order valence-corrected chi connectivity index (χ4v) is 2.46. The number of carbonyl (C=O) groups is 2. The number of amides is 1. The van der Waals surface area contributed by atoms with E-state index in [-0.39, 0.29) is 31.2 Å². The molecule has 0 saturated carbocycles. The van der Waals surface area contributed by atoms with Crippen LogP contribution in [0.4, 0.5) is 5.69 Å². The Morgan fingerprint density at radius 3 is 2.95 bits per heavy atom. The van der Waals surface area contributed by atoms with Crippen molar-refractivity contribution in [2.24, 2.45) is 5.92 Å². The zero-order valence-corrected chi connectivity index (χ0v) is 12.0. The van der Waals surface area contributed by atoms with Gasteiger partial charge in [0.1, 0.15) is 0 Å². The molecule has 3 rings (SSSR count). The van der Waals surface area contributed by atoms with E-state index in [9.17, 15) is 9.59 Å². The molecular formula is C16H17NO5. The van der Waals surface area contributed by atoms with Crippen LogP contribution in [0.2, 0.25) is 0 Å². The molecule has 0 radical (unpaired) electrons. The molecule has 0 aromatic heterocycles. The Labute approximate surface area is 128 Å². The van der Waals surface area contributed by atoms with E-state index in [2.05, 4.69) is 11.4 Å². The topological polar surface area (TPSA) is 73.9 Å². The Balaban J connectivity index is 1.44. The highest BCUT2D eigenvalue weighted by molar-refractivity contribution is 5.93. The van der Waals surface area contributed by atoms with Crippen molar-refractivity contribution in [1.82, 2.24) is 0 Å². The molecule has 2 aliphatic rings. The number of hydrogen-bond acceptors (Lipinski definition) is 5. The summed E-state index contributed by atoms with van der Waals surface area (Å²) in [7, 11) is 0. The molecule has 1 aromatic carbocycles. The number of carbonyl (C=O) groups excluding carboxylic acids is 2. The maximum absolute atomic E-state index is 11.8. The molecule has 1 aliphatic heterocycles. The summed E-state index contributed by atoms with van der Waals surface area (Å²) in [6, 6.07) is 5.10. The van der Waals surface area contributed by atoms with E-state index in [1.54, 1.807) is 18.2 Å². The second-order valence-corrected chi connectivity index (χ2v) is 5.25. The molecule has 1 aromatic rings. The summed E-state index contributed by atoms with van der Waals surface area (Å²) in [5.74, 6) is 0.743. The first kappa shape index (κ1) is 14.4. The molecule has 1 aliphatic carbocycles. The van der Waals surface area contributed by atoms with Crippen molar-refractivity contribution in [3.8, 4) is 11.5 Å². The summed E-state index contributed by atoms with van der Waals surface area (Å²) < 4.78 is 15.4. The first-order valence-electron chi connectivity index (χ1n) is 7.22. The number of ether oxygens (including phenoxy) is 3. The zero-order chi connectivity index (χ0) is 15.4. The van der Waals surface area contributed by atoms with Gasteiger partial charge in [-0.3, -0.25) is 9.59 Å². The third-order valence-electron chi connectivity index (χ3n) is 3.56. The summed E-state index contributed by atoms with van der Waals surface area (Å²) in [6.45, 7) is -0.107. The van der Waals surface area contributed by atoms with Gasteiger partial charge in [0.15, 0.2) is 18.1 Å². The summed E-state index contributed by atoms with van der Waals surface area (Å²) in [5, 5.41) is 2.65. The number of esters is 1. The van der Waals surface area contributed by atoms with E-state index >= 15 is 0 Å². The molecule has 1 atom stereocenters. The number of allylic oxidation sites excluding steroid dienone is 2. The van der Waals surface area contributed by atoms with Crippen LogP contribution in [0.3, 0.4) is 0 Å². The van der Waals surface area contributed by atoms with Crippen LogP contribution in [0.5, 0.6) is 11.5 Å². The van der Waals surface area contributed by atoms with Crippen LogP contribution in [0.15, 0.2) is 30.4 Å². The third kappa shape index (κ3) is 3.58. The molecular weight excluding hydrogens is 286 g/mol. The minimum Gasteiger partial charge on any atom is -0.456 e. The van der Waals surface area contributed by atoms with Crippen molar-refractivity contribution in [1.29, 1.82) is 0 Å². The average molecular weight is 303 g/mol. The highest BCUT2D eigenvalue weighted by atomic mass is 16.7. The number of rotatable bonds is 5. The molecule has 1 heterocycles. The van der Waals surface area contributed by atoms with Gasteiger partial charge in [-0.25, -0.2) is 0 Å². The second kappa shape index (κ2) is 6.51. The third-order valence-corrected chi connectivity index (χ3v) is 3.56. The first-order chi connectivity index (χ1) is 10.7. The average Bonchev–Trinajstić information content (AvgIpc) is 3.15. The lowest BCUT2D eigenvalue weighted by Crippen LogP contribution is -2.21. The van der Waals surface area contributed by atoms with E-state index in [0.717, 1.165) is 12.8 Å². The van der Waals surface area contributed by atoms with Gasteiger partial charge in [-0.2, -0.15) is 0 Å². The Bertz CT molecular complexity index is 611. The summed E-state index contributed by atoms with van der Waals surface area (Å²) in [5.41, 5.74) is 0.573. The van der Waals surface area contributed by atoms with Crippen LogP contribution in [0.1, 0.15) is 19.3 Å². The highest BCUT2D eigenvalue weighted by Gasteiger charge is 2.17. The standard InChI is InChI=1S/C16H17NO5/c18-15(9-20-16(19)7-11-3-1-2-4-11)17-12-5-6-13-14(8-12)22-10-21-13/h1,3,5-6,8,11H,2,4,7,9-10H2,(H,17,18)/t11-/m1/s1. The van der Waals surface area contributed by atoms with Crippen molar-refractivity contribution >= 4 is 17.6 Å². The van der Waals surface area contributed by atoms with Gasteiger partial charge in [0.25, 0.3) is 5.91 Å².